The topological polar surface area (TPSA) is 49.8 Å². The fourth-order valence-corrected chi connectivity index (χ4v) is 2.13. The highest BCUT2D eigenvalue weighted by Crippen LogP contribution is 2.24. The third-order valence-corrected chi connectivity index (χ3v) is 3.00. The highest BCUT2D eigenvalue weighted by molar-refractivity contribution is 7.08. The molecular formula is C11H14N4S. The van der Waals surface area contributed by atoms with Crippen LogP contribution in [0.1, 0.15) is 12.5 Å². The molecule has 2 aromatic rings. The summed E-state index contributed by atoms with van der Waals surface area (Å²) in [4.78, 5) is 8.47. The minimum absolute atomic E-state index is 0.875. The molecule has 84 valence electrons. The number of hydrogen-bond acceptors (Lipinski definition) is 5. The van der Waals surface area contributed by atoms with Crippen molar-refractivity contribution in [1.82, 2.24) is 9.97 Å². The van der Waals surface area contributed by atoms with Gasteiger partial charge in [0.1, 0.15) is 18.0 Å². The fraction of sp³-hybridized carbons (Fsp3) is 0.273. The second-order valence-corrected chi connectivity index (χ2v) is 4.07. The quantitative estimate of drug-likeness (QED) is 0.854. The molecule has 0 radical (unpaired) electrons. The van der Waals surface area contributed by atoms with Crippen LogP contribution in [0.25, 0.3) is 0 Å². The Morgan fingerprint density at radius 2 is 2.12 bits per heavy atom. The zero-order valence-electron chi connectivity index (χ0n) is 9.32. The molecule has 0 aromatic carbocycles. The molecule has 0 unspecified atom stereocenters. The molecule has 0 aliphatic carbocycles. The van der Waals surface area contributed by atoms with E-state index in [4.69, 9.17) is 0 Å². The van der Waals surface area contributed by atoms with Gasteiger partial charge in [0.05, 0.1) is 5.69 Å². The summed E-state index contributed by atoms with van der Waals surface area (Å²) < 4.78 is 0. The Kier molecular flexibility index (Phi) is 3.36. The molecule has 4 nitrogen and oxygen atoms in total. The second-order valence-electron chi connectivity index (χ2n) is 3.29. The Bertz CT molecular complexity index is 453. The van der Waals surface area contributed by atoms with Crippen molar-refractivity contribution >= 4 is 28.7 Å². The van der Waals surface area contributed by atoms with Gasteiger partial charge in [0.15, 0.2) is 0 Å². The van der Waals surface area contributed by atoms with Crippen LogP contribution in [0.4, 0.5) is 17.3 Å². The third kappa shape index (κ3) is 2.14. The fourth-order valence-electron chi connectivity index (χ4n) is 1.54. The molecule has 2 aromatic heterocycles. The van der Waals surface area contributed by atoms with Gasteiger partial charge < -0.3 is 10.6 Å². The van der Waals surface area contributed by atoms with E-state index in [-0.39, 0.29) is 0 Å². The number of rotatable bonds is 4. The van der Waals surface area contributed by atoms with Crippen molar-refractivity contribution in [2.24, 2.45) is 0 Å². The Morgan fingerprint density at radius 1 is 1.31 bits per heavy atom. The normalized spacial score (nSPS) is 10.1. The summed E-state index contributed by atoms with van der Waals surface area (Å²) in [6.07, 6.45) is 2.46. The second kappa shape index (κ2) is 4.94. The molecule has 0 amide bonds. The molecular weight excluding hydrogens is 220 g/mol. The SMILES string of the molecule is CCc1c(NC)ncnc1Nc1ccsc1. The van der Waals surface area contributed by atoms with Crippen molar-refractivity contribution in [3.8, 4) is 0 Å². The summed E-state index contributed by atoms with van der Waals surface area (Å²) in [6, 6.07) is 2.03. The van der Waals surface area contributed by atoms with E-state index < -0.39 is 0 Å². The summed E-state index contributed by atoms with van der Waals surface area (Å²) >= 11 is 1.66. The van der Waals surface area contributed by atoms with Gasteiger partial charge in [-0.15, -0.1) is 0 Å². The van der Waals surface area contributed by atoms with Crippen molar-refractivity contribution in [2.45, 2.75) is 13.3 Å². The van der Waals surface area contributed by atoms with Gasteiger partial charge in [0, 0.05) is 18.0 Å². The zero-order valence-corrected chi connectivity index (χ0v) is 10.1. The molecule has 0 saturated carbocycles. The van der Waals surface area contributed by atoms with Crippen LogP contribution in [-0.4, -0.2) is 17.0 Å². The Labute approximate surface area is 98.8 Å². The van der Waals surface area contributed by atoms with Crippen molar-refractivity contribution in [3.63, 3.8) is 0 Å². The van der Waals surface area contributed by atoms with Crippen LogP contribution in [-0.2, 0) is 6.42 Å². The Hall–Kier alpha value is -1.62. The predicted molar refractivity (Wildman–Crippen MR) is 68.6 cm³/mol. The Balaban J connectivity index is 2.33. The molecule has 0 atom stereocenters. The average Bonchev–Trinajstić information content (AvgIpc) is 2.81. The highest BCUT2D eigenvalue weighted by Gasteiger charge is 2.08. The van der Waals surface area contributed by atoms with Crippen molar-refractivity contribution in [1.29, 1.82) is 0 Å². The maximum atomic E-state index is 4.28. The summed E-state index contributed by atoms with van der Waals surface area (Å²) in [5, 5.41) is 10.5. The van der Waals surface area contributed by atoms with Gasteiger partial charge in [-0.05, 0) is 17.9 Å². The molecule has 2 rings (SSSR count). The first-order chi connectivity index (χ1) is 7.85. The summed E-state index contributed by atoms with van der Waals surface area (Å²) in [7, 11) is 1.87. The van der Waals surface area contributed by atoms with Crippen LogP contribution in [0.5, 0.6) is 0 Å². The van der Waals surface area contributed by atoms with E-state index in [9.17, 15) is 0 Å². The van der Waals surface area contributed by atoms with E-state index in [0.29, 0.717) is 0 Å². The number of nitrogens with zero attached hydrogens (tertiary/aromatic N) is 2. The monoisotopic (exact) mass is 234 g/mol. The van der Waals surface area contributed by atoms with Gasteiger partial charge in [-0.2, -0.15) is 11.3 Å². The van der Waals surface area contributed by atoms with E-state index in [1.54, 1.807) is 17.7 Å². The number of nitrogens with one attached hydrogen (secondary N) is 2. The highest BCUT2D eigenvalue weighted by atomic mass is 32.1. The lowest BCUT2D eigenvalue weighted by atomic mass is 10.2. The molecule has 0 bridgehead atoms. The Morgan fingerprint density at radius 3 is 2.75 bits per heavy atom. The number of anilines is 3. The van der Waals surface area contributed by atoms with E-state index in [1.807, 2.05) is 18.5 Å². The molecule has 0 aliphatic heterocycles. The average molecular weight is 234 g/mol. The predicted octanol–water partition coefficient (Wildman–Crippen LogP) is 2.89. The number of aromatic nitrogens is 2. The van der Waals surface area contributed by atoms with E-state index in [0.717, 1.165) is 29.3 Å². The zero-order chi connectivity index (χ0) is 11.4. The van der Waals surface area contributed by atoms with Gasteiger partial charge in [-0.3, -0.25) is 0 Å². The standard InChI is InChI=1S/C11H14N4S/c1-3-9-10(12-2)13-7-14-11(9)15-8-4-5-16-6-8/h4-7H,3H2,1-2H3,(H2,12,13,14,15). The first kappa shape index (κ1) is 10.9. The van der Waals surface area contributed by atoms with Crippen LogP contribution in [0.15, 0.2) is 23.2 Å². The van der Waals surface area contributed by atoms with E-state index >= 15 is 0 Å². The smallest absolute Gasteiger partial charge is 0.139 e. The molecule has 2 N–H and O–H groups in total. The molecule has 0 fully saturated rings. The van der Waals surface area contributed by atoms with Crippen LogP contribution in [0.2, 0.25) is 0 Å². The summed E-state index contributed by atoms with van der Waals surface area (Å²) in [6.45, 7) is 2.10. The maximum absolute atomic E-state index is 4.28. The minimum Gasteiger partial charge on any atom is -0.373 e. The summed E-state index contributed by atoms with van der Waals surface area (Å²) in [5.74, 6) is 1.76. The van der Waals surface area contributed by atoms with Crippen molar-refractivity contribution < 1.29 is 0 Å². The van der Waals surface area contributed by atoms with Crippen LogP contribution in [0, 0.1) is 0 Å². The summed E-state index contributed by atoms with van der Waals surface area (Å²) in [5.41, 5.74) is 2.18. The molecule has 5 heteroatoms. The van der Waals surface area contributed by atoms with Crippen LogP contribution in [0.3, 0.4) is 0 Å². The van der Waals surface area contributed by atoms with Gasteiger partial charge in [0.2, 0.25) is 0 Å². The molecule has 2 heterocycles. The number of hydrogen-bond donors (Lipinski definition) is 2. The number of thiophene rings is 1. The van der Waals surface area contributed by atoms with Gasteiger partial charge in [-0.1, -0.05) is 6.92 Å². The maximum Gasteiger partial charge on any atom is 0.139 e. The van der Waals surface area contributed by atoms with Crippen LogP contribution >= 0.6 is 11.3 Å². The first-order valence-electron chi connectivity index (χ1n) is 5.16. The van der Waals surface area contributed by atoms with Crippen molar-refractivity contribution in [3.05, 3.63) is 28.7 Å². The lowest BCUT2D eigenvalue weighted by Crippen LogP contribution is -2.04. The largest absolute Gasteiger partial charge is 0.373 e. The van der Waals surface area contributed by atoms with E-state index in [1.165, 1.54) is 0 Å². The lowest BCUT2D eigenvalue weighted by molar-refractivity contribution is 1.05. The molecule has 0 aliphatic rings. The first-order valence-corrected chi connectivity index (χ1v) is 6.10. The van der Waals surface area contributed by atoms with Gasteiger partial charge in [0.25, 0.3) is 0 Å². The lowest BCUT2D eigenvalue weighted by Gasteiger charge is -2.11. The van der Waals surface area contributed by atoms with Crippen LogP contribution < -0.4 is 10.6 Å². The van der Waals surface area contributed by atoms with Crippen molar-refractivity contribution in [2.75, 3.05) is 17.7 Å². The minimum atomic E-state index is 0.875. The molecule has 0 spiro atoms. The van der Waals surface area contributed by atoms with Gasteiger partial charge in [-0.25, -0.2) is 9.97 Å². The molecule has 0 saturated heterocycles. The molecule has 16 heavy (non-hydrogen) atoms. The van der Waals surface area contributed by atoms with E-state index in [2.05, 4.69) is 32.9 Å². The van der Waals surface area contributed by atoms with Gasteiger partial charge >= 0.3 is 0 Å². The third-order valence-electron chi connectivity index (χ3n) is 2.32.